The van der Waals surface area contributed by atoms with E-state index in [0.717, 1.165) is 0 Å². The van der Waals surface area contributed by atoms with Crippen LogP contribution in [0.25, 0.3) is 10.9 Å². The molecular formula is C14H16ClNO4. The van der Waals surface area contributed by atoms with Crippen LogP contribution in [0, 0.1) is 0 Å². The van der Waals surface area contributed by atoms with Gasteiger partial charge < -0.3 is 19.3 Å². The summed E-state index contributed by atoms with van der Waals surface area (Å²) in [5, 5.41) is 10.7. The third-order valence-corrected chi connectivity index (χ3v) is 3.36. The van der Waals surface area contributed by atoms with Crippen LogP contribution in [0.5, 0.6) is 17.2 Å². The van der Waals surface area contributed by atoms with Crippen LogP contribution in [-0.4, -0.2) is 31.4 Å². The van der Waals surface area contributed by atoms with Gasteiger partial charge in [0.2, 0.25) is 5.75 Å². The van der Waals surface area contributed by atoms with Crippen molar-refractivity contribution < 1.29 is 19.3 Å². The number of ether oxygens (including phenoxy) is 3. The normalized spacial score (nSPS) is 12.3. The number of methoxy groups -OCH3 is 3. The van der Waals surface area contributed by atoms with E-state index in [0.29, 0.717) is 33.7 Å². The van der Waals surface area contributed by atoms with Crippen molar-refractivity contribution in [2.45, 2.75) is 13.0 Å². The number of aromatic nitrogens is 1. The Morgan fingerprint density at radius 1 is 1.10 bits per heavy atom. The van der Waals surface area contributed by atoms with Crippen molar-refractivity contribution in [3.05, 3.63) is 22.8 Å². The van der Waals surface area contributed by atoms with Crippen molar-refractivity contribution in [3.8, 4) is 17.2 Å². The van der Waals surface area contributed by atoms with Crippen LogP contribution in [-0.2, 0) is 0 Å². The highest BCUT2D eigenvalue weighted by atomic mass is 35.5. The number of benzene rings is 1. The molecule has 2 aromatic rings. The summed E-state index contributed by atoms with van der Waals surface area (Å²) in [6, 6.07) is 3.46. The van der Waals surface area contributed by atoms with Crippen molar-refractivity contribution in [1.82, 2.24) is 4.98 Å². The highest BCUT2D eigenvalue weighted by Gasteiger charge is 2.19. The molecule has 0 aliphatic carbocycles. The van der Waals surface area contributed by atoms with Crippen LogP contribution < -0.4 is 14.2 Å². The van der Waals surface area contributed by atoms with E-state index in [-0.39, 0.29) is 5.15 Å². The molecule has 1 unspecified atom stereocenters. The number of pyridine rings is 1. The largest absolute Gasteiger partial charge is 0.493 e. The van der Waals surface area contributed by atoms with Crippen LogP contribution in [0.4, 0.5) is 0 Å². The second kappa shape index (κ2) is 5.73. The molecule has 0 fully saturated rings. The Bertz CT molecular complexity index is 643. The summed E-state index contributed by atoms with van der Waals surface area (Å²) in [6.45, 7) is 1.63. The smallest absolute Gasteiger partial charge is 0.204 e. The Labute approximate surface area is 122 Å². The number of hydrogen-bond acceptors (Lipinski definition) is 5. The molecule has 1 N–H and O–H groups in total. The number of rotatable bonds is 4. The summed E-state index contributed by atoms with van der Waals surface area (Å²) < 4.78 is 16.0. The summed E-state index contributed by atoms with van der Waals surface area (Å²) >= 11 is 6.08. The molecular weight excluding hydrogens is 282 g/mol. The van der Waals surface area contributed by atoms with Gasteiger partial charge in [-0.1, -0.05) is 11.6 Å². The molecule has 108 valence electrons. The average molecular weight is 298 g/mol. The minimum atomic E-state index is -0.725. The van der Waals surface area contributed by atoms with Gasteiger partial charge in [0.15, 0.2) is 11.5 Å². The summed E-state index contributed by atoms with van der Waals surface area (Å²) in [7, 11) is 4.60. The van der Waals surface area contributed by atoms with E-state index in [1.54, 1.807) is 19.1 Å². The molecule has 0 radical (unpaired) electrons. The quantitative estimate of drug-likeness (QED) is 0.879. The van der Waals surface area contributed by atoms with Gasteiger partial charge in [0.1, 0.15) is 5.15 Å². The molecule has 0 spiro atoms. The van der Waals surface area contributed by atoms with Gasteiger partial charge in [-0.15, -0.1) is 0 Å². The van der Waals surface area contributed by atoms with Crippen molar-refractivity contribution >= 4 is 22.5 Å². The lowest BCUT2D eigenvalue weighted by Crippen LogP contribution is -2.00. The molecule has 0 saturated heterocycles. The number of aliphatic hydroxyl groups is 1. The van der Waals surface area contributed by atoms with Crippen molar-refractivity contribution in [1.29, 1.82) is 0 Å². The maximum absolute atomic E-state index is 9.73. The van der Waals surface area contributed by atoms with Crippen molar-refractivity contribution in [2.75, 3.05) is 21.3 Å². The van der Waals surface area contributed by atoms with Gasteiger partial charge in [0.05, 0.1) is 33.0 Å². The van der Waals surface area contributed by atoms with Crippen LogP contribution in [0.3, 0.4) is 0 Å². The Balaban J connectivity index is 2.85. The van der Waals surface area contributed by atoms with E-state index >= 15 is 0 Å². The Morgan fingerprint density at radius 3 is 2.25 bits per heavy atom. The van der Waals surface area contributed by atoms with Gasteiger partial charge in [0, 0.05) is 17.0 Å². The molecule has 1 atom stereocenters. The van der Waals surface area contributed by atoms with Crippen LogP contribution in [0.1, 0.15) is 18.6 Å². The number of aliphatic hydroxyl groups excluding tert-OH is 1. The number of nitrogens with zero attached hydrogens (tertiary/aromatic N) is 1. The topological polar surface area (TPSA) is 60.8 Å². The fourth-order valence-electron chi connectivity index (χ4n) is 2.08. The minimum absolute atomic E-state index is 0.252. The third-order valence-electron chi connectivity index (χ3n) is 3.05. The standard InChI is InChI=1S/C14H16ClNO4/c1-7(17)8-5-9-10(16-14(8)15)6-11(18-2)13(20-4)12(9)19-3/h5-7,17H,1-4H3. The first-order chi connectivity index (χ1) is 9.53. The lowest BCUT2D eigenvalue weighted by Gasteiger charge is -2.16. The van der Waals surface area contributed by atoms with E-state index in [9.17, 15) is 5.11 Å². The molecule has 0 amide bonds. The first kappa shape index (κ1) is 14.7. The summed E-state index contributed by atoms with van der Waals surface area (Å²) in [5.41, 5.74) is 1.14. The lowest BCUT2D eigenvalue weighted by atomic mass is 10.1. The first-order valence-electron chi connectivity index (χ1n) is 6.00. The van der Waals surface area contributed by atoms with E-state index in [1.165, 1.54) is 21.3 Å². The number of halogens is 1. The first-order valence-corrected chi connectivity index (χ1v) is 6.38. The van der Waals surface area contributed by atoms with Crippen molar-refractivity contribution in [2.24, 2.45) is 0 Å². The molecule has 2 rings (SSSR count). The van der Waals surface area contributed by atoms with Gasteiger partial charge in [-0.05, 0) is 13.0 Å². The molecule has 1 aromatic carbocycles. The number of hydrogen-bond donors (Lipinski definition) is 1. The van der Waals surface area contributed by atoms with Gasteiger partial charge in [-0.25, -0.2) is 4.98 Å². The maximum Gasteiger partial charge on any atom is 0.204 e. The van der Waals surface area contributed by atoms with E-state index < -0.39 is 6.10 Å². The Hall–Kier alpha value is -1.72. The molecule has 0 aliphatic rings. The van der Waals surface area contributed by atoms with Gasteiger partial charge in [0.25, 0.3) is 0 Å². The Kier molecular flexibility index (Phi) is 4.20. The molecule has 6 heteroatoms. The predicted octanol–water partition coefficient (Wildman–Crippen LogP) is 2.97. The van der Waals surface area contributed by atoms with E-state index in [2.05, 4.69) is 4.98 Å². The van der Waals surface area contributed by atoms with Gasteiger partial charge in [-0.2, -0.15) is 0 Å². The van der Waals surface area contributed by atoms with E-state index in [4.69, 9.17) is 25.8 Å². The Morgan fingerprint density at radius 2 is 1.75 bits per heavy atom. The fraction of sp³-hybridized carbons (Fsp3) is 0.357. The fourth-order valence-corrected chi connectivity index (χ4v) is 2.38. The third kappa shape index (κ3) is 2.34. The monoisotopic (exact) mass is 297 g/mol. The summed E-state index contributed by atoms with van der Waals surface area (Å²) in [6.07, 6.45) is -0.725. The zero-order chi connectivity index (χ0) is 14.9. The molecule has 1 heterocycles. The summed E-state index contributed by atoms with van der Waals surface area (Å²) in [4.78, 5) is 4.28. The van der Waals surface area contributed by atoms with E-state index in [1.807, 2.05) is 0 Å². The highest BCUT2D eigenvalue weighted by molar-refractivity contribution is 6.30. The highest BCUT2D eigenvalue weighted by Crippen LogP contribution is 2.44. The van der Waals surface area contributed by atoms with Crippen LogP contribution in [0.2, 0.25) is 5.15 Å². The minimum Gasteiger partial charge on any atom is -0.493 e. The second-order valence-electron chi connectivity index (χ2n) is 4.26. The molecule has 5 nitrogen and oxygen atoms in total. The molecule has 0 bridgehead atoms. The maximum atomic E-state index is 9.73. The SMILES string of the molecule is COc1cc2nc(Cl)c(C(C)O)cc2c(OC)c1OC. The van der Waals surface area contributed by atoms with Crippen LogP contribution in [0.15, 0.2) is 12.1 Å². The molecule has 0 aliphatic heterocycles. The predicted molar refractivity (Wildman–Crippen MR) is 77.0 cm³/mol. The lowest BCUT2D eigenvalue weighted by molar-refractivity contribution is 0.199. The summed E-state index contributed by atoms with van der Waals surface area (Å²) in [5.74, 6) is 1.47. The van der Waals surface area contributed by atoms with Crippen LogP contribution >= 0.6 is 11.6 Å². The van der Waals surface area contributed by atoms with Gasteiger partial charge >= 0.3 is 0 Å². The second-order valence-corrected chi connectivity index (χ2v) is 4.61. The zero-order valence-corrected chi connectivity index (χ0v) is 12.5. The molecule has 20 heavy (non-hydrogen) atoms. The molecule has 0 saturated carbocycles. The van der Waals surface area contributed by atoms with Gasteiger partial charge in [-0.3, -0.25) is 0 Å². The average Bonchev–Trinajstić information content (AvgIpc) is 2.43. The zero-order valence-electron chi connectivity index (χ0n) is 11.7. The van der Waals surface area contributed by atoms with Crippen molar-refractivity contribution in [3.63, 3.8) is 0 Å². The molecule has 1 aromatic heterocycles. The number of fused-ring (bicyclic) bond motifs is 1.